The van der Waals surface area contributed by atoms with Crippen molar-refractivity contribution in [2.24, 2.45) is 0 Å². The quantitative estimate of drug-likeness (QED) is 0.776. The number of hydrogen-bond donors (Lipinski definition) is 1. The number of rotatable bonds is 2. The number of aromatic nitrogens is 5. The van der Waals surface area contributed by atoms with E-state index in [0.717, 1.165) is 0 Å². The number of Topliss-reactive ketones (excluding diaryl/α,β-unsaturated/α-hetero) is 1. The molecule has 1 aliphatic rings. The van der Waals surface area contributed by atoms with E-state index in [0.29, 0.717) is 31.2 Å². The molecular weight excluding hydrogens is 226 g/mol. The highest BCUT2D eigenvalue weighted by Gasteiger charge is 2.30. The van der Waals surface area contributed by atoms with Crippen LogP contribution in [-0.2, 0) is 9.53 Å². The van der Waals surface area contributed by atoms with Crippen LogP contribution in [0.15, 0.2) is 10.7 Å². The normalized spacial score (nSPS) is 20.7. The van der Waals surface area contributed by atoms with Crippen LogP contribution in [0, 0.1) is 0 Å². The lowest BCUT2D eigenvalue weighted by Gasteiger charge is -2.16. The predicted molar refractivity (Wildman–Crippen MR) is 52.9 cm³/mol. The molecule has 17 heavy (non-hydrogen) atoms. The fraction of sp³-hybridized carbons (Fsp3) is 0.444. The number of carbonyl (C=O) groups is 1. The molecule has 2 aromatic rings. The molecule has 0 saturated carbocycles. The molecule has 0 amide bonds. The van der Waals surface area contributed by atoms with Gasteiger partial charge in [0.05, 0.1) is 19.4 Å². The number of nitrogens with zero attached hydrogens (tertiary/aromatic N) is 4. The monoisotopic (exact) mass is 235 g/mol. The van der Waals surface area contributed by atoms with E-state index in [1.165, 1.54) is 6.20 Å². The first kappa shape index (κ1) is 10.1. The van der Waals surface area contributed by atoms with Crippen LogP contribution in [0.5, 0.6) is 0 Å². The van der Waals surface area contributed by atoms with Crippen LogP contribution in [0.4, 0.5) is 0 Å². The van der Waals surface area contributed by atoms with E-state index in [4.69, 9.17) is 9.26 Å². The van der Waals surface area contributed by atoms with Crippen molar-refractivity contribution < 1.29 is 14.1 Å². The van der Waals surface area contributed by atoms with E-state index in [-0.39, 0.29) is 11.7 Å². The molecule has 1 saturated heterocycles. The minimum absolute atomic E-state index is 0.0617. The van der Waals surface area contributed by atoms with Crippen LogP contribution in [0.1, 0.15) is 18.2 Å². The molecule has 0 aromatic carbocycles. The molecule has 2 aromatic heterocycles. The maximum atomic E-state index is 11.6. The smallest absolute Gasteiger partial charge is 0.239 e. The summed E-state index contributed by atoms with van der Waals surface area (Å²) in [5, 5.41) is 13.7. The highest BCUT2D eigenvalue weighted by atomic mass is 16.5. The highest BCUT2D eigenvalue weighted by Crippen LogP contribution is 2.22. The SMILES string of the molecule is O=C1CCOCC1c1nc(-c2cn[nH]n2)no1. The van der Waals surface area contributed by atoms with Gasteiger partial charge in [-0.15, -0.1) is 0 Å². The molecule has 8 nitrogen and oxygen atoms in total. The van der Waals surface area contributed by atoms with Crippen molar-refractivity contribution in [3.05, 3.63) is 12.1 Å². The summed E-state index contributed by atoms with van der Waals surface area (Å²) in [6.45, 7) is 0.749. The largest absolute Gasteiger partial charge is 0.380 e. The predicted octanol–water partition coefficient (Wildman–Crippen LogP) is -0.0723. The molecule has 1 N–H and O–H groups in total. The van der Waals surface area contributed by atoms with E-state index in [1.54, 1.807) is 0 Å². The Hall–Kier alpha value is -2.09. The zero-order chi connectivity index (χ0) is 11.7. The highest BCUT2D eigenvalue weighted by molar-refractivity contribution is 5.85. The average Bonchev–Trinajstić information content (AvgIpc) is 3.00. The Bertz CT molecular complexity index is 520. The number of ether oxygens (including phenoxy) is 1. The van der Waals surface area contributed by atoms with Gasteiger partial charge in [0.15, 0.2) is 5.69 Å². The topological polar surface area (TPSA) is 107 Å². The van der Waals surface area contributed by atoms with Crippen LogP contribution < -0.4 is 0 Å². The van der Waals surface area contributed by atoms with E-state index < -0.39 is 5.92 Å². The maximum Gasteiger partial charge on any atom is 0.239 e. The Morgan fingerprint density at radius 2 is 2.41 bits per heavy atom. The molecular formula is C9H9N5O3. The third kappa shape index (κ3) is 1.82. The van der Waals surface area contributed by atoms with E-state index in [2.05, 4.69) is 25.6 Å². The Balaban J connectivity index is 1.87. The minimum atomic E-state index is -0.461. The third-order valence-corrected chi connectivity index (χ3v) is 2.55. The molecule has 1 unspecified atom stereocenters. The first-order chi connectivity index (χ1) is 8.34. The summed E-state index contributed by atoms with van der Waals surface area (Å²) in [7, 11) is 0. The van der Waals surface area contributed by atoms with Crippen molar-refractivity contribution in [2.45, 2.75) is 12.3 Å². The van der Waals surface area contributed by atoms with Gasteiger partial charge in [0.2, 0.25) is 11.7 Å². The maximum absolute atomic E-state index is 11.6. The van der Waals surface area contributed by atoms with Gasteiger partial charge in [0, 0.05) is 6.42 Å². The molecule has 3 rings (SSSR count). The Morgan fingerprint density at radius 1 is 1.47 bits per heavy atom. The van der Waals surface area contributed by atoms with Crippen molar-refractivity contribution in [1.29, 1.82) is 0 Å². The summed E-state index contributed by atoms with van der Waals surface area (Å²) in [4.78, 5) is 15.8. The van der Waals surface area contributed by atoms with Crippen molar-refractivity contribution in [1.82, 2.24) is 25.6 Å². The molecule has 1 atom stereocenters. The number of aromatic amines is 1. The zero-order valence-electron chi connectivity index (χ0n) is 8.79. The molecule has 0 spiro atoms. The van der Waals surface area contributed by atoms with Gasteiger partial charge in [-0.1, -0.05) is 5.16 Å². The number of ketones is 1. The lowest BCUT2D eigenvalue weighted by molar-refractivity contribution is -0.127. The van der Waals surface area contributed by atoms with E-state index in [1.807, 2.05) is 0 Å². The molecule has 1 fully saturated rings. The molecule has 88 valence electrons. The van der Waals surface area contributed by atoms with Crippen molar-refractivity contribution >= 4 is 5.78 Å². The number of H-pyrrole nitrogens is 1. The fourth-order valence-corrected chi connectivity index (χ4v) is 1.64. The first-order valence-electron chi connectivity index (χ1n) is 5.15. The zero-order valence-corrected chi connectivity index (χ0v) is 8.79. The Kier molecular flexibility index (Phi) is 2.41. The van der Waals surface area contributed by atoms with Crippen LogP contribution >= 0.6 is 0 Å². The van der Waals surface area contributed by atoms with Crippen molar-refractivity contribution in [2.75, 3.05) is 13.2 Å². The Morgan fingerprint density at radius 3 is 3.18 bits per heavy atom. The number of nitrogens with one attached hydrogen (secondary N) is 1. The van der Waals surface area contributed by atoms with E-state index >= 15 is 0 Å². The van der Waals surface area contributed by atoms with Gasteiger partial charge in [-0.25, -0.2) is 0 Å². The minimum Gasteiger partial charge on any atom is -0.380 e. The second-order valence-electron chi connectivity index (χ2n) is 3.66. The van der Waals surface area contributed by atoms with E-state index in [9.17, 15) is 4.79 Å². The van der Waals surface area contributed by atoms with Gasteiger partial charge in [0.1, 0.15) is 11.7 Å². The molecule has 0 radical (unpaired) electrons. The summed E-state index contributed by atoms with van der Waals surface area (Å²) in [5.41, 5.74) is 0.476. The average molecular weight is 235 g/mol. The lowest BCUT2D eigenvalue weighted by atomic mass is 10.0. The second-order valence-corrected chi connectivity index (χ2v) is 3.66. The third-order valence-electron chi connectivity index (χ3n) is 2.55. The molecule has 0 aliphatic carbocycles. The second kappa shape index (κ2) is 4.06. The van der Waals surface area contributed by atoms with Crippen molar-refractivity contribution in [3.8, 4) is 11.5 Å². The van der Waals surface area contributed by atoms with Crippen LogP contribution in [0.25, 0.3) is 11.5 Å². The molecule has 3 heterocycles. The van der Waals surface area contributed by atoms with Crippen LogP contribution in [0.3, 0.4) is 0 Å². The standard InChI is InChI=1S/C9H9N5O3/c15-7-1-2-16-4-5(7)9-11-8(13-17-9)6-3-10-14-12-6/h3,5H,1-2,4H2,(H,10,12,14). The van der Waals surface area contributed by atoms with Gasteiger partial charge in [-0.3, -0.25) is 4.79 Å². The van der Waals surface area contributed by atoms with Gasteiger partial charge in [0.25, 0.3) is 0 Å². The Labute approximate surface area is 95.4 Å². The van der Waals surface area contributed by atoms with Gasteiger partial charge >= 0.3 is 0 Å². The van der Waals surface area contributed by atoms with Crippen molar-refractivity contribution in [3.63, 3.8) is 0 Å². The summed E-state index contributed by atoms with van der Waals surface area (Å²) in [6, 6.07) is 0. The van der Waals surface area contributed by atoms with Gasteiger partial charge in [-0.05, 0) is 0 Å². The fourth-order valence-electron chi connectivity index (χ4n) is 1.64. The molecule has 0 bridgehead atoms. The lowest BCUT2D eigenvalue weighted by Crippen LogP contribution is -2.25. The van der Waals surface area contributed by atoms with Crippen LogP contribution in [0.2, 0.25) is 0 Å². The van der Waals surface area contributed by atoms with Gasteiger partial charge in [-0.2, -0.15) is 20.4 Å². The summed E-state index contributed by atoms with van der Waals surface area (Å²) in [6.07, 6.45) is 1.86. The molecule has 8 heteroatoms. The molecule has 1 aliphatic heterocycles. The number of carbonyl (C=O) groups excluding carboxylic acids is 1. The number of hydrogen-bond acceptors (Lipinski definition) is 7. The summed E-state index contributed by atoms with van der Waals surface area (Å²) < 4.78 is 10.3. The van der Waals surface area contributed by atoms with Gasteiger partial charge < -0.3 is 9.26 Å². The summed E-state index contributed by atoms with van der Waals surface area (Å²) in [5.74, 6) is 0.184. The van der Waals surface area contributed by atoms with Crippen LogP contribution in [-0.4, -0.2) is 44.5 Å². The first-order valence-corrected chi connectivity index (χ1v) is 5.15. The summed E-state index contributed by atoms with van der Waals surface area (Å²) >= 11 is 0.